The number of hydrogen-bond acceptors (Lipinski definition) is 14. The molecule has 10 amide bonds. The van der Waals surface area contributed by atoms with Gasteiger partial charge in [-0.1, -0.05) is 104 Å². The summed E-state index contributed by atoms with van der Waals surface area (Å²) in [5.74, 6) is -9.84. The fourth-order valence-corrected chi connectivity index (χ4v) is 12.3. The number of carbonyl (C=O) groups is 11. The van der Waals surface area contributed by atoms with Gasteiger partial charge in [0.2, 0.25) is 59.1 Å². The third-order valence-electron chi connectivity index (χ3n) is 18.2. The lowest BCUT2D eigenvalue weighted by atomic mass is 9.91. The lowest BCUT2D eigenvalue weighted by Crippen LogP contribution is -2.63. The van der Waals surface area contributed by atoms with Crippen LogP contribution in [0, 0.1) is 41.4 Å². The highest BCUT2D eigenvalue weighted by atomic mass is 16.4. The first-order valence-electron chi connectivity index (χ1n) is 33.5. The molecule has 1 aromatic carbocycles. The molecule has 2 heterocycles. The molecule has 26 heteroatoms. The average molecular weight is 1330 g/mol. The second-order valence-electron chi connectivity index (χ2n) is 28.7. The van der Waals surface area contributed by atoms with Crippen LogP contribution in [0.25, 0.3) is 11.0 Å². The maximum atomic E-state index is 15.5. The summed E-state index contributed by atoms with van der Waals surface area (Å²) in [5, 5.41) is 34.0. The van der Waals surface area contributed by atoms with Gasteiger partial charge in [0.15, 0.2) is 0 Å². The van der Waals surface area contributed by atoms with E-state index in [9.17, 15) is 43.8 Å². The average Bonchev–Trinajstić information content (AvgIpc) is 1.78. The van der Waals surface area contributed by atoms with Gasteiger partial charge in [-0.3, -0.25) is 47.9 Å². The van der Waals surface area contributed by atoms with Gasteiger partial charge in [0, 0.05) is 68.5 Å². The third kappa shape index (κ3) is 20.9. The number of aliphatic hydroxyl groups is 1. The van der Waals surface area contributed by atoms with Gasteiger partial charge < -0.3 is 70.3 Å². The van der Waals surface area contributed by atoms with Gasteiger partial charge in [-0.25, -0.2) is 9.78 Å². The number of amides is 10. The topological polar surface area (TPSA) is 317 Å². The van der Waals surface area contributed by atoms with Crippen LogP contribution in [0.15, 0.2) is 30.5 Å². The van der Waals surface area contributed by atoms with Gasteiger partial charge in [-0.05, 0) is 106 Å². The minimum Gasteiger partial charge on any atom is -0.478 e. The third-order valence-corrected chi connectivity index (χ3v) is 18.2. The highest BCUT2D eigenvalue weighted by Crippen LogP contribution is 2.28. The van der Waals surface area contributed by atoms with E-state index >= 15 is 19.2 Å². The number of aromatic carboxylic acids is 1. The van der Waals surface area contributed by atoms with Crippen molar-refractivity contribution in [3.8, 4) is 0 Å². The normalized spacial score (nSPS) is 25.3. The van der Waals surface area contributed by atoms with E-state index < -0.39 is 156 Å². The smallest absolute Gasteiger partial charge is 0.335 e. The first-order chi connectivity index (χ1) is 43.9. The van der Waals surface area contributed by atoms with E-state index in [2.05, 4.69) is 27.8 Å². The number of hydrogen-bond donors (Lipinski definition) is 6. The fraction of sp³-hybridized carbons (Fsp3) is 0.710. The van der Waals surface area contributed by atoms with E-state index in [1.807, 2.05) is 55.4 Å². The standard InChI is InChI=1S/C69H115N13O13/c1-26-47-64(89)75(18)35-55(83)77(20)51(30-37(4)5)61(86)74-56(40(10)11)67(92)78(21)49(29-36(2)3)43(15)70-44(16)60(85)71-45(17)63(88)79(22)52(31-38(6)7)65(90)80(23)53(32-39(8)9)66(91)81(24)57(41(12)13)68(93)82(25)58(62(87)73-47)59(84)42(14)33-54-72-48-28-27-46(69(94)95)34-50(48)76(54)19/h27-28,34,36-42,44-45,47,49,51-53,56-59,70,84H,15,26,29-33,35H2,1-14,16-25H3,(H,71,85)(H,73,87)(H,74,86)(H,94,95)/t42-,44+,45-,47+,49+,51+,52+,53+,56+,57+,58+,59-/m1/s1. The second-order valence-corrected chi connectivity index (χ2v) is 28.7. The van der Waals surface area contributed by atoms with Gasteiger partial charge in [0.25, 0.3) is 0 Å². The van der Waals surface area contributed by atoms with Crippen molar-refractivity contribution in [3.63, 3.8) is 0 Å². The molecule has 0 radical (unpaired) electrons. The molecule has 2 aromatic rings. The van der Waals surface area contributed by atoms with Crippen molar-refractivity contribution >= 4 is 76.1 Å². The maximum absolute atomic E-state index is 15.5. The molecule has 534 valence electrons. The number of nitrogens with one attached hydrogen (secondary N) is 4. The number of fused-ring (bicyclic) bond motifs is 1. The van der Waals surface area contributed by atoms with Crippen molar-refractivity contribution in [1.29, 1.82) is 0 Å². The van der Waals surface area contributed by atoms with Crippen LogP contribution in [0.4, 0.5) is 0 Å². The zero-order chi connectivity index (χ0) is 72.9. The van der Waals surface area contributed by atoms with E-state index in [-0.39, 0.29) is 61.3 Å². The summed E-state index contributed by atoms with van der Waals surface area (Å²) in [6.45, 7) is 32.2. The number of benzene rings is 1. The van der Waals surface area contributed by atoms with Gasteiger partial charge in [-0.2, -0.15) is 0 Å². The van der Waals surface area contributed by atoms with E-state index in [4.69, 9.17) is 4.98 Å². The Balaban J connectivity index is 2.35. The second kappa shape index (κ2) is 35.4. The Morgan fingerprint density at radius 1 is 0.547 bits per heavy atom. The molecule has 1 aromatic heterocycles. The monoisotopic (exact) mass is 1330 g/mol. The van der Waals surface area contributed by atoms with Crippen LogP contribution in [-0.2, 0) is 61.4 Å². The molecule has 1 aliphatic heterocycles. The van der Waals surface area contributed by atoms with E-state index in [1.165, 1.54) is 85.8 Å². The summed E-state index contributed by atoms with van der Waals surface area (Å²) in [7, 11) is 11.7. The minimum absolute atomic E-state index is 0.00262. The van der Waals surface area contributed by atoms with Crippen LogP contribution in [0.5, 0.6) is 0 Å². The molecule has 95 heavy (non-hydrogen) atoms. The van der Waals surface area contributed by atoms with Gasteiger partial charge >= 0.3 is 5.97 Å². The summed E-state index contributed by atoms with van der Waals surface area (Å²) >= 11 is 0. The molecule has 1 fully saturated rings. The first-order valence-corrected chi connectivity index (χ1v) is 33.5. The number of carboxylic acid groups (broad SMARTS) is 1. The number of imidazole rings is 1. The Hall–Kier alpha value is -7.64. The molecule has 3 rings (SSSR count). The highest BCUT2D eigenvalue weighted by molar-refractivity contribution is 5.99. The molecule has 26 nitrogen and oxygen atoms in total. The predicted molar refractivity (Wildman–Crippen MR) is 365 cm³/mol. The molecule has 0 aliphatic carbocycles. The summed E-state index contributed by atoms with van der Waals surface area (Å²) in [5.41, 5.74) is 1.29. The van der Waals surface area contributed by atoms with Crippen molar-refractivity contribution in [2.75, 3.05) is 55.9 Å². The lowest BCUT2D eigenvalue weighted by Gasteiger charge is -2.41. The van der Waals surface area contributed by atoms with Crippen molar-refractivity contribution < 1.29 is 63.0 Å². The van der Waals surface area contributed by atoms with Crippen LogP contribution in [0.2, 0.25) is 0 Å². The van der Waals surface area contributed by atoms with Crippen molar-refractivity contribution in [3.05, 3.63) is 41.9 Å². The first kappa shape index (κ1) is 81.6. The lowest BCUT2D eigenvalue weighted by molar-refractivity contribution is -0.157. The maximum Gasteiger partial charge on any atom is 0.335 e. The SMILES string of the molecule is C=C1N[C@@H](C)C(=O)N[C@H](C)C(=O)N(C)[C@@H](CC(C)C)C(=O)N(C)[C@@H](CC(C)C)C(=O)N(C)[C@@H](C(C)C)C(=O)N(C)[C@@H]([C@H](O)[C@H](C)Cc2nc3ccc(C(=O)O)cc3n2C)C(=O)N[C@@H](CC)C(=O)N(C)CC(=O)N(C)[C@@H](CC(C)C)C(=O)N[C@@H](C(C)C)C(=O)N(C)[C@H]1CC(C)C. The Morgan fingerprint density at radius 2 is 1.03 bits per heavy atom. The number of aromatic nitrogens is 2. The molecule has 12 atom stereocenters. The Labute approximate surface area is 564 Å². The molecule has 0 bridgehead atoms. The largest absolute Gasteiger partial charge is 0.478 e. The number of aliphatic hydroxyl groups excluding tert-OH is 1. The molecule has 1 aliphatic rings. The van der Waals surface area contributed by atoms with Crippen LogP contribution >= 0.6 is 0 Å². The molecular formula is C69H115N13O13. The summed E-state index contributed by atoms with van der Waals surface area (Å²) in [6.07, 6.45) is -0.910. The van der Waals surface area contributed by atoms with Crippen molar-refractivity contribution in [1.82, 2.24) is 65.1 Å². The predicted octanol–water partition coefficient (Wildman–Crippen LogP) is 4.12. The Bertz CT molecular complexity index is 3070. The number of carboxylic acids is 1. The van der Waals surface area contributed by atoms with E-state index in [0.29, 0.717) is 29.0 Å². The van der Waals surface area contributed by atoms with Gasteiger partial charge in [-0.15, -0.1) is 0 Å². The number of likely N-dealkylation sites (N-methyl/N-ethyl adjacent to an activating group) is 7. The van der Waals surface area contributed by atoms with Gasteiger partial charge in [0.05, 0.1) is 35.3 Å². The molecule has 0 spiro atoms. The van der Waals surface area contributed by atoms with Crippen LogP contribution in [0.1, 0.15) is 159 Å². The Kier molecular flexibility index (Phi) is 30.4. The van der Waals surface area contributed by atoms with Crippen molar-refractivity contribution in [2.45, 2.75) is 216 Å². The zero-order valence-corrected chi connectivity index (χ0v) is 61.2. The number of carbonyl (C=O) groups excluding carboxylic acids is 10. The molecule has 6 N–H and O–H groups in total. The molecule has 1 saturated heterocycles. The highest BCUT2D eigenvalue weighted by Gasteiger charge is 2.46. The molecular weight excluding hydrogens is 1220 g/mol. The van der Waals surface area contributed by atoms with Crippen molar-refractivity contribution in [2.24, 2.45) is 48.5 Å². The number of nitrogens with zero attached hydrogens (tertiary/aromatic N) is 9. The van der Waals surface area contributed by atoms with Crippen LogP contribution in [0.3, 0.4) is 0 Å². The summed E-state index contributed by atoms with van der Waals surface area (Å²) in [6, 6.07) is -7.46. The fourth-order valence-electron chi connectivity index (χ4n) is 12.3. The minimum atomic E-state index is -1.77. The summed E-state index contributed by atoms with van der Waals surface area (Å²) in [4.78, 5) is 174. The summed E-state index contributed by atoms with van der Waals surface area (Å²) < 4.78 is 1.67. The number of aryl methyl sites for hydroxylation is 1. The quantitative estimate of drug-likeness (QED) is 0.138. The zero-order valence-electron chi connectivity index (χ0n) is 61.2. The number of rotatable bonds is 16. The van der Waals surface area contributed by atoms with Gasteiger partial charge in [0.1, 0.15) is 60.2 Å². The molecule has 0 saturated carbocycles. The van der Waals surface area contributed by atoms with Crippen LogP contribution in [-0.4, -0.2) is 242 Å². The Morgan fingerprint density at radius 3 is 1.53 bits per heavy atom. The molecule has 0 unspecified atom stereocenters. The van der Waals surface area contributed by atoms with E-state index in [1.54, 1.807) is 73.2 Å². The van der Waals surface area contributed by atoms with E-state index in [0.717, 1.165) is 9.80 Å². The van der Waals surface area contributed by atoms with Crippen LogP contribution < -0.4 is 21.3 Å².